The van der Waals surface area contributed by atoms with Crippen LogP contribution in [0.3, 0.4) is 0 Å². The van der Waals surface area contributed by atoms with E-state index in [-0.39, 0.29) is 17.9 Å². The molecule has 1 heterocycles. The summed E-state index contributed by atoms with van der Waals surface area (Å²) in [6.45, 7) is 2.09. The number of ether oxygens (including phenoxy) is 1. The molecule has 142 valence electrons. The van der Waals surface area contributed by atoms with Crippen molar-refractivity contribution in [3.8, 4) is 0 Å². The van der Waals surface area contributed by atoms with Gasteiger partial charge in [0.15, 0.2) is 0 Å². The van der Waals surface area contributed by atoms with Crippen molar-refractivity contribution in [2.75, 3.05) is 13.2 Å². The molecule has 0 saturated carbocycles. The molecule has 6 nitrogen and oxygen atoms in total. The quantitative estimate of drug-likeness (QED) is 0.698. The molecule has 0 radical (unpaired) electrons. The molecule has 27 heavy (non-hydrogen) atoms. The van der Waals surface area contributed by atoms with Gasteiger partial charge < -0.3 is 21.1 Å². The molecule has 6 heteroatoms. The first-order chi connectivity index (χ1) is 13.2. The first-order valence-corrected chi connectivity index (χ1v) is 9.21. The van der Waals surface area contributed by atoms with Crippen molar-refractivity contribution in [1.82, 2.24) is 10.6 Å². The molecule has 4 N–H and O–H groups in total. The van der Waals surface area contributed by atoms with E-state index < -0.39 is 0 Å². The number of benzene rings is 2. The third-order valence-corrected chi connectivity index (χ3v) is 4.61. The summed E-state index contributed by atoms with van der Waals surface area (Å²) < 4.78 is 5.52. The molecule has 3 rings (SSSR count). The lowest BCUT2D eigenvalue weighted by atomic mass is 10.1. The van der Waals surface area contributed by atoms with Crippen LogP contribution < -0.4 is 16.4 Å². The zero-order valence-corrected chi connectivity index (χ0v) is 15.2. The van der Waals surface area contributed by atoms with Gasteiger partial charge in [0.2, 0.25) is 0 Å². The Bertz CT molecular complexity index is 784. The fourth-order valence-electron chi connectivity index (χ4n) is 3.01. The molecule has 0 bridgehead atoms. The molecular formula is C21H25N3O3. The number of rotatable bonds is 7. The highest BCUT2D eigenvalue weighted by atomic mass is 16.5. The molecule has 0 aromatic heterocycles. The third kappa shape index (κ3) is 5.39. The molecule has 1 unspecified atom stereocenters. The van der Waals surface area contributed by atoms with Crippen LogP contribution in [0.4, 0.5) is 0 Å². The van der Waals surface area contributed by atoms with Gasteiger partial charge in [0.1, 0.15) is 0 Å². The van der Waals surface area contributed by atoms with Crippen LogP contribution >= 0.6 is 0 Å². The minimum absolute atomic E-state index is 0.113. The van der Waals surface area contributed by atoms with Crippen LogP contribution in [0.1, 0.15) is 44.7 Å². The van der Waals surface area contributed by atoms with Gasteiger partial charge in [-0.3, -0.25) is 9.59 Å². The number of nitrogens with one attached hydrogen (secondary N) is 2. The molecule has 1 fully saturated rings. The van der Waals surface area contributed by atoms with Crippen LogP contribution in [-0.4, -0.2) is 31.1 Å². The van der Waals surface area contributed by atoms with Gasteiger partial charge in [0.25, 0.3) is 11.8 Å². The number of hydrogen-bond donors (Lipinski definition) is 3. The van der Waals surface area contributed by atoms with Crippen LogP contribution in [0.5, 0.6) is 0 Å². The van der Waals surface area contributed by atoms with Gasteiger partial charge in [-0.2, -0.15) is 0 Å². The fourth-order valence-corrected chi connectivity index (χ4v) is 3.01. The molecule has 1 aliphatic rings. The Morgan fingerprint density at radius 1 is 1.00 bits per heavy atom. The van der Waals surface area contributed by atoms with Gasteiger partial charge in [0, 0.05) is 37.4 Å². The van der Waals surface area contributed by atoms with Crippen LogP contribution in [0.15, 0.2) is 48.5 Å². The SMILES string of the molecule is NCc1ccc(C(=O)NCc2cccc(C(=O)NCC3CCCO3)c2)cc1. The van der Waals surface area contributed by atoms with Gasteiger partial charge in [-0.05, 0) is 48.2 Å². The number of carbonyl (C=O) groups is 2. The first-order valence-electron chi connectivity index (χ1n) is 9.21. The summed E-state index contributed by atoms with van der Waals surface area (Å²) in [7, 11) is 0. The van der Waals surface area contributed by atoms with E-state index in [0.717, 1.165) is 30.6 Å². The molecule has 0 aliphatic carbocycles. The Morgan fingerprint density at radius 3 is 2.48 bits per heavy atom. The van der Waals surface area contributed by atoms with E-state index in [1.807, 2.05) is 24.3 Å². The number of hydrogen-bond acceptors (Lipinski definition) is 4. The van der Waals surface area contributed by atoms with Gasteiger partial charge in [0.05, 0.1) is 6.10 Å². The smallest absolute Gasteiger partial charge is 0.251 e. The zero-order chi connectivity index (χ0) is 19.1. The molecule has 1 saturated heterocycles. The van der Waals surface area contributed by atoms with Gasteiger partial charge in [-0.25, -0.2) is 0 Å². The summed E-state index contributed by atoms with van der Waals surface area (Å²) in [6.07, 6.45) is 2.14. The van der Waals surface area contributed by atoms with Crippen molar-refractivity contribution in [1.29, 1.82) is 0 Å². The van der Waals surface area contributed by atoms with E-state index in [2.05, 4.69) is 10.6 Å². The predicted octanol–water partition coefficient (Wildman–Crippen LogP) is 1.98. The van der Waals surface area contributed by atoms with Crippen LogP contribution in [0.25, 0.3) is 0 Å². The van der Waals surface area contributed by atoms with E-state index in [0.29, 0.717) is 30.8 Å². The van der Waals surface area contributed by atoms with Crippen molar-refractivity contribution >= 4 is 11.8 Å². The normalized spacial score (nSPS) is 16.1. The van der Waals surface area contributed by atoms with Crippen LogP contribution in [-0.2, 0) is 17.8 Å². The molecule has 1 aliphatic heterocycles. The molecule has 2 aromatic rings. The number of amides is 2. The minimum atomic E-state index is -0.160. The Labute approximate surface area is 159 Å². The summed E-state index contributed by atoms with van der Waals surface area (Å²) in [5.41, 5.74) is 8.57. The second kappa shape index (κ2) is 9.30. The van der Waals surface area contributed by atoms with Crippen molar-refractivity contribution in [2.24, 2.45) is 5.73 Å². The Balaban J connectivity index is 1.53. The van der Waals surface area contributed by atoms with E-state index in [9.17, 15) is 9.59 Å². The van der Waals surface area contributed by atoms with E-state index >= 15 is 0 Å². The maximum Gasteiger partial charge on any atom is 0.251 e. The lowest BCUT2D eigenvalue weighted by Gasteiger charge is -2.11. The second-order valence-electron chi connectivity index (χ2n) is 6.63. The lowest BCUT2D eigenvalue weighted by molar-refractivity contribution is 0.0857. The maximum absolute atomic E-state index is 12.3. The lowest BCUT2D eigenvalue weighted by Crippen LogP contribution is -2.31. The highest BCUT2D eigenvalue weighted by molar-refractivity contribution is 5.95. The standard InChI is InChI=1S/C21H25N3O3/c22-12-15-6-8-17(9-7-15)20(25)23-13-16-3-1-4-18(11-16)21(26)24-14-19-5-2-10-27-19/h1,3-4,6-9,11,19H,2,5,10,12-14,22H2,(H,23,25)(H,24,26). The van der Waals surface area contributed by atoms with Crippen molar-refractivity contribution < 1.29 is 14.3 Å². The maximum atomic E-state index is 12.3. The Kier molecular flexibility index (Phi) is 6.57. The Morgan fingerprint density at radius 2 is 1.78 bits per heavy atom. The fraction of sp³-hybridized carbons (Fsp3) is 0.333. The van der Waals surface area contributed by atoms with Gasteiger partial charge in [-0.15, -0.1) is 0 Å². The third-order valence-electron chi connectivity index (χ3n) is 4.61. The topological polar surface area (TPSA) is 93.5 Å². The largest absolute Gasteiger partial charge is 0.376 e. The predicted molar refractivity (Wildman–Crippen MR) is 103 cm³/mol. The minimum Gasteiger partial charge on any atom is -0.376 e. The summed E-state index contributed by atoms with van der Waals surface area (Å²) in [5.74, 6) is -0.289. The first kappa shape index (κ1) is 19.1. The summed E-state index contributed by atoms with van der Waals surface area (Å²) >= 11 is 0. The summed E-state index contributed by atoms with van der Waals surface area (Å²) in [4.78, 5) is 24.6. The van der Waals surface area contributed by atoms with Crippen LogP contribution in [0.2, 0.25) is 0 Å². The van der Waals surface area contributed by atoms with E-state index in [4.69, 9.17) is 10.5 Å². The number of nitrogens with two attached hydrogens (primary N) is 1. The number of carbonyl (C=O) groups excluding carboxylic acids is 2. The summed E-state index contributed by atoms with van der Waals surface area (Å²) in [6, 6.07) is 14.5. The average molecular weight is 367 g/mol. The molecule has 2 amide bonds. The molecule has 1 atom stereocenters. The van der Waals surface area contributed by atoms with Gasteiger partial charge >= 0.3 is 0 Å². The van der Waals surface area contributed by atoms with Crippen molar-refractivity contribution in [3.63, 3.8) is 0 Å². The van der Waals surface area contributed by atoms with Crippen molar-refractivity contribution in [2.45, 2.75) is 32.0 Å². The van der Waals surface area contributed by atoms with Crippen LogP contribution in [0, 0.1) is 0 Å². The second-order valence-corrected chi connectivity index (χ2v) is 6.63. The Hall–Kier alpha value is -2.70. The highest BCUT2D eigenvalue weighted by Crippen LogP contribution is 2.11. The van der Waals surface area contributed by atoms with Gasteiger partial charge in [-0.1, -0.05) is 24.3 Å². The molecular weight excluding hydrogens is 342 g/mol. The zero-order valence-electron chi connectivity index (χ0n) is 15.2. The average Bonchev–Trinajstić information content (AvgIpc) is 3.24. The monoisotopic (exact) mass is 367 g/mol. The molecule has 2 aromatic carbocycles. The summed E-state index contributed by atoms with van der Waals surface area (Å²) in [5, 5.41) is 5.78. The molecule has 0 spiro atoms. The van der Waals surface area contributed by atoms with E-state index in [1.54, 1.807) is 24.3 Å². The highest BCUT2D eigenvalue weighted by Gasteiger charge is 2.16. The van der Waals surface area contributed by atoms with Crippen molar-refractivity contribution in [3.05, 3.63) is 70.8 Å². The van der Waals surface area contributed by atoms with E-state index in [1.165, 1.54) is 0 Å².